The average Bonchev–Trinajstić information content (AvgIpc) is 3.04. The molecule has 1 aromatic carbocycles. The van der Waals surface area contributed by atoms with Crippen molar-refractivity contribution in [2.24, 2.45) is 0 Å². The zero-order valence-corrected chi connectivity index (χ0v) is 18.8. The first-order chi connectivity index (χ1) is 12.5. The molecule has 0 amide bonds. The molecular formula is C17H19ClNO3PS3. The maximum absolute atomic E-state index is 13.3. The number of hydrogen-bond donors (Lipinski definition) is 0. The second kappa shape index (κ2) is 10.3. The van der Waals surface area contributed by atoms with Crippen LogP contribution in [0.4, 0.5) is 0 Å². The third kappa shape index (κ3) is 4.94. The first-order valence-electron chi connectivity index (χ1n) is 8.02. The lowest BCUT2D eigenvalue weighted by atomic mass is 10.1. The van der Waals surface area contributed by atoms with Crippen molar-refractivity contribution in [3.63, 3.8) is 0 Å². The summed E-state index contributed by atoms with van der Waals surface area (Å²) in [5.74, 6) is 0.698. The fourth-order valence-corrected chi connectivity index (χ4v) is 9.18. The summed E-state index contributed by atoms with van der Waals surface area (Å²) in [5.41, 5.74) is 1.40. The molecule has 26 heavy (non-hydrogen) atoms. The number of nitriles is 1. The van der Waals surface area contributed by atoms with Crippen LogP contribution in [0, 0.1) is 11.3 Å². The summed E-state index contributed by atoms with van der Waals surface area (Å²) in [6.07, 6.45) is 0. The Morgan fingerprint density at radius 1 is 1.19 bits per heavy atom. The molecule has 0 saturated heterocycles. The van der Waals surface area contributed by atoms with Crippen LogP contribution in [0.5, 0.6) is 0 Å². The van der Waals surface area contributed by atoms with Crippen LogP contribution in [-0.2, 0) is 13.6 Å². The first kappa shape index (κ1) is 22.0. The van der Waals surface area contributed by atoms with Gasteiger partial charge in [0.15, 0.2) is 0 Å². The van der Waals surface area contributed by atoms with Gasteiger partial charge < -0.3 is 9.05 Å². The molecule has 0 unspecified atom stereocenters. The second-order valence-corrected chi connectivity index (χ2v) is 11.0. The Bertz CT molecular complexity index is 792. The van der Waals surface area contributed by atoms with E-state index in [0.717, 1.165) is 10.5 Å². The van der Waals surface area contributed by atoms with Crippen LogP contribution in [0.15, 0.2) is 39.4 Å². The van der Waals surface area contributed by atoms with Crippen LogP contribution in [0.1, 0.15) is 26.3 Å². The quantitative estimate of drug-likeness (QED) is 0.309. The van der Waals surface area contributed by atoms with Gasteiger partial charge in [0.05, 0.1) is 23.7 Å². The van der Waals surface area contributed by atoms with Crippen molar-refractivity contribution in [2.45, 2.75) is 20.8 Å². The lowest BCUT2D eigenvalue weighted by Gasteiger charge is -2.20. The summed E-state index contributed by atoms with van der Waals surface area (Å²) in [7, 11) is -0.571. The molecule has 1 aliphatic rings. The Kier molecular flexibility index (Phi) is 8.69. The summed E-state index contributed by atoms with van der Waals surface area (Å²) in [4.78, 5) is 1.50. The molecule has 1 aliphatic heterocycles. The normalized spacial score (nSPS) is 16.7. The third-order valence-corrected chi connectivity index (χ3v) is 9.99. The number of nitrogens with zero attached hydrogens (tertiary/aromatic N) is 1. The van der Waals surface area contributed by atoms with Gasteiger partial charge in [-0.25, -0.2) is 0 Å². The highest BCUT2D eigenvalue weighted by Gasteiger charge is 2.37. The van der Waals surface area contributed by atoms with Gasteiger partial charge in [-0.2, -0.15) is 5.26 Å². The molecule has 2 rings (SSSR count). The fourth-order valence-electron chi connectivity index (χ4n) is 2.21. The van der Waals surface area contributed by atoms with Crippen LogP contribution in [0.25, 0.3) is 4.91 Å². The van der Waals surface area contributed by atoms with Gasteiger partial charge in [0.25, 0.3) is 0 Å². The molecule has 0 aromatic heterocycles. The Balaban J connectivity index is 2.61. The van der Waals surface area contributed by atoms with Crippen molar-refractivity contribution >= 4 is 57.5 Å². The van der Waals surface area contributed by atoms with Crippen LogP contribution in [-0.4, -0.2) is 19.0 Å². The topological polar surface area (TPSA) is 59.3 Å². The maximum Gasteiger partial charge on any atom is 0.368 e. The minimum absolute atomic E-state index is 0.270. The number of thioether (sulfide) groups is 1. The highest BCUT2D eigenvalue weighted by atomic mass is 35.5. The molecule has 0 spiro atoms. The third-order valence-electron chi connectivity index (χ3n) is 3.20. The molecule has 140 valence electrons. The summed E-state index contributed by atoms with van der Waals surface area (Å²) in [5, 5.41) is 10.4. The Labute approximate surface area is 171 Å². The zero-order chi connectivity index (χ0) is 19.2. The summed E-state index contributed by atoms with van der Waals surface area (Å²) < 4.78 is 24.9. The summed E-state index contributed by atoms with van der Waals surface area (Å²) >= 11 is 7.37. The molecule has 0 N–H and O–H groups in total. The molecule has 0 bridgehead atoms. The van der Waals surface area contributed by atoms with Gasteiger partial charge in [0.1, 0.15) is 10.7 Å². The number of halogens is 1. The molecule has 0 atom stereocenters. The van der Waals surface area contributed by atoms with Crippen LogP contribution in [0.3, 0.4) is 0 Å². The maximum atomic E-state index is 13.3. The second-order valence-electron chi connectivity index (χ2n) is 4.89. The van der Waals surface area contributed by atoms with E-state index in [1.54, 1.807) is 26.0 Å². The molecule has 0 radical (unpaired) electrons. The van der Waals surface area contributed by atoms with E-state index in [1.807, 2.05) is 19.1 Å². The highest BCUT2D eigenvalue weighted by Crippen LogP contribution is 2.67. The van der Waals surface area contributed by atoms with Crippen molar-refractivity contribution in [3.05, 3.63) is 50.0 Å². The average molecular weight is 448 g/mol. The van der Waals surface area contributed by atoms with Crippen LogP contribution < -0.4 is 0 Å². The molecule has 0 aliphatic carbocycles. The minimum Gasteiger partial charge on any atom is -0.305 e. The largest absolute Gasteiger partial charge is 0.368 e. The Morgan fingerprint density at radius 3 is 2.31 bits per heavy atom. The van der Waals surface area contributed by atoms with Crippen molar-refractivity contribution < 1.29 is 13.6 Å². The predicted octanol–water partition coefficient (Wildman–Crippen LogP) is 7.16. The number of benzene rings is 1. The molecule has 9 heteroatoms. The van der Waals surface area contributed by atoms with E-state index in [-0.39, 0.29) is 13.2 Å². The van der Waals surface area contributed by atoms with Crippen molar-refractivity contribution in [3.8, 4) is 6.07 Å². The van der Waals surface area contributed by atoms with Gasteiger partial charge in [-0.3, -0.25) is 4.57 Å². The highest BCUT2D eigenvalue weighted by molar-refractivity contribution is 8.82. The smallest absolute Gasteiger partial charge is 0.305 e. The molecule has 0 fully saturated rings. The standard InChI is InChI=1S/C17H19ClNO3PS3/c1-4-21-23(20,22-5-2)17(24-6-3)16-14(11-19)15(25-26-16)12-7-9-13(18)10-8-12/h7-10H,4-6H2,1-3H3/b17-16+. The lowest BCUT2D eigenvalue weighted by molar-refractivity contribution is 0.228. The van der Waals surface area contributed by atoms with Gasteiger partial charge in [0, 0.05) is 9.93 Å². The monoisotopic (exact) mass is 447 g/mol. The lowest BCUT2D eigenvalue weighted by Crippen LogP contribution is -2.00. The molecular weight excluding hydrogens is 429 g/mol. The number of allylic oxidation sites excluding steroid dienone is 1. The fraction of sp³-hybridized carbons (Fsp3) is 0.353. The van der Waals surface area contributed by atoms with Gasteiger partial charge in [-0.15, -0.1) is 11.8 Å². The van der Waals surface area contributed by atoms with Gasteiger partial charge >= 0.3 is 7.60 Å². The van der Waals surface area contributed by atoms with E-state index in [1.165, 1.54) is 33.3 Å². The van der Waals surface area contributed by atoms with E-state index in [9.17, 15) is 9.83 Å². The molecule has 4 nitrogen and oxygen atoms in total. The summed E-state index contributed by atoms with van der Waals surface area (Å²) in [6.45, 7) is 6.07. The van der Waals surface area contributed by atoms with E-state index in [4.69, 9.17) is 20.6 Å². The SMILES string of the molecule is CCOP(=O)(OCC)/C(SCC)=C1\SSC(c2ccc(Cl)cc2)=C1C#N. The molecule has 0 saturated carbocycles. The van der Waals surface area contributed by atoms with E-state index >= 15 is 0 Å². The van der Waals surface area contributed by atoms with E-state index in [0.29, 0.717) is 25.9 Å². The van der Waals surface area contributed by atoms with Crippen molar-refractivity contribution in [1.29, 1.82) is 5.26 Å². The van der Waals surface area contributed by atoms with Gasteiger partial charge in [0.2, 0.25) is 0 Å². The molecule has 1 heterocycles. The molecule has 1 aromatic rings. The first-order valence-corrected chi connectivity index (χ1v) is 13.1. The summed E-state index contributed by atoms with van der Waals surface area (Å²) in [6, 6.07) is 9.61. The van der Waals surface area contributed by atoms with Crippen LogP contribution >= 0.6 is 52.5 Å². The van der Waals surface area contributed by atoms with Gasteiger partial charge in [-0.05, 0) is 48.1 Å². The van der Waals surface area contributed by atoms with E-state index < -0.39 is 7.60 Å². The minimum atomic E-state index is -3.47. The Morgan fingerprint density at radius 2 is 1.81 bits per heavy atom. The zero-order valence-electron chi connectivity index (χ0n) is 14.7. The number of rotatable bonds is 8. The van der Waals surface area contributed by atoms with Gasteiger partial charge in [-0.1, -0.05) is 41.5 Å². The predicted molar refractivity (Wildman–Crippen MR) is 115 cm³/mol. The van der Waals surface area contributed by atoms with Crippen molar-refractivity contribution in [2.75, 3.05) is 19.0 Å². The number of hydrogen-bond acceptors (Lipinski definition) is 7. The Hall–Kier alpha value is -0.320. The van der Waals surface area contributed by atoms with Crippen LogP contribution in [0.2, 0.25) is 5.02 Å². The van der Waals surface area contributed by atoms with E-state index in [2.05, 4.69) is 6.07 Å². The van der Waals surface area contributed by atoms with Crippen molar-refractivity contribution in [1.82, 2.24) is 0 Å².